The quantitative estimate of drug-likeness (QED) is 0.336. The van der Waals surface area contributed by atoms with Crippen molar-refractivity contribution in [3.05, 3.63) is 80.7 Å². The van der Waals surface area contributed by atoms with Crippen molar-refractivity contribution in [1.29, 1.82) is 0 Å². The normalized spacial score (nSPS) is 11.9. The number of phenolic OH excluding ortho intramolecular Hbond substituents is 1. The number of hydrogen-bond acceptors (Lipinski definition) is 3. The van der Waals surface area contributed by atoms with E-state index in [1.54, 1.807) is 24.3 Å². The number of aryl methyl sites for hydroxylation is 1. The number of benzene rings is 3. The van der Waals surface area contributed by atoms with Gasteiger partial charge in [-0.05, 0) is 48.9 Å². The first-order chi connectivity index (χ1) is 13.7. The molecule has 4 rings (SSSR count). The maximum absolute atomic E-state index is 13.7. The highest BCUT2D eigenvalue weighted by Crippen LogP contribution is 2.39. The third-order valence-electron chi connectivity index (χ3n) is 4.65. The number of nitrogens with zero attached hydrogens (tertiary/aromatic N) is 1. The third-order valence-corrected chi connectivity index (χ3v) is 7.37. The number of hydrogen-bond donors (Lipinski definition) is 1. The maximum atomic E-state index is 13.7. The van der Waals surface area contributed by atoms with Crippen molar-refractivity contribution in [2.75, 3.05) is 0 Å². The number of aromatic hydroxyl groups is 1. The van der Waals surface area contributed by atoms with Crippen LogP contribution in [0.25, 0.3) is 22.2 Å². The van der Waals surface area contributed by atoms with Crippen molar-refractivity contribution < 1.29 is 13.5 Å². The molecule has 0 aliphatic rings. The minimum absolute atomic E-state index is 0.0603. The van der Waals surface area contributed by atoms with Crippen LogP contribution in [0.5, 0.6) is 5.75 Å². The summed E-state index contributed by atoms with van der Waals surface area (Å²) in [7, 11) is -4.20. The summed E-state index contributed by atoms with van der Waals surface area (Å²) in [6, 6.07) is 17.0. The van der Waals surface area contributed by atoms with Gasteiger partial charge in [0.25, 0.3) is 10.0 Å². The van der Waals surface area contributed by atoms with Crippen LogP contribution in [0.3, 0.4) is 0 Å². The van der Waals surface area contributed by atoms with Crippen molar-refractivity contribution in [3.63, 3.8) is 0 Å². The standard InChI is InChI=1S/C21H14BrCl2NO3S/c1-12-4-2-3-5-16(12)19-9-13-8-15(23)6-7-18(13)25(19)29(27,28)20-11-14(22)10-17(24)21(20)26/h2-11,26H,1H3. The summed E-state index contributed by atoms with van der Waals surface area (Å²) in [6.45, 7) is 1.91. The lowest BCUT2D eigenvalue weighted by Gasteiger charge is -2.15. The zero-order chi connectivity index (χ0) is 20.9. The van der Waals surface area contributed by atoms with Crippen LogP contribution in [-0.2, 0) is 10.0 Å². The van der Waals surface area contributed by atoms with Crippen LogP contribution >= 0.6 is 39.1 Å². The Morgan fingerprint density at radius 1 is 1.00 bits per heavy atom. The largest absolute Gasteiger partial charge is 0.505 e. The molecule has 0 fully saturated rings. The molecule has 1 N–H and O–H groups in total. The Bertz CT molecular complexity index is 1380. The van der Waals surface area contributed by atoms with Gasteiger partial charge in [0.1, 0.15) is 4.90 Å². The Hall–Kier alpha value is -1.99. The smallest absolute Gasteiger partial charge is 0.272 e. The summed E-state index contributed by atoms with van der Waals surface area (Å²) < 4.78 is 29.1. The van der Waals surface area contributed by atoms with Gasteiger partial charge >= 0.3 is 0 Å². The Kier molecular flexibility index (Phi) is 5.15. The van der Waals surface area contributed by atoms with Crippen LogP contribution in [0.2, 0.25) is 10.0 Å². The highest BCUT2D eigenvalue weighted by Gasteiger charge is 2.28. The summed E-state index contributed by atoms with van der Waals surface area (Å²) in [5.74, 6) is -0.499. The number of rotatable bonds is 3. The average molecular weight is 511 g/mol. The molecule has 0 aliphatic carbocycles. The molecule has 3 aromatic carbocycles. The van der Waals surface area contributed by atoms with Crippen molar-refractivity contribution >= 4 is 60.1 Å². The lowest BCUT2D eigenvalue weighted by Crippen LogP contribution is -2.14. The van der Waals surface area contributed by atoms with E-state index in [-0.39, 0.29) is 9.92 Å². The second-order valence-electron chi connectivity index (χ2n) is 6.55. The highest BCUT2D eigenvalue weighted by molar-refractivity contribution is 9.10. The van der Waals surface area contributed by atoms with Gasteiger partial charge < -0.3 is 5.11 Å². The second kappa shape index (κ2) is 7.36. The highest BCUT2D eigenvalue weighted by atomic mass is 79.9. The summed E-state index contributed by atoms with van der Waals surface area (Å²) >= 11 is 15.4. The van der Waals surface area contributed by atoms with Crippen LogP contribution in [0.1, 0.15) is 5.56 Å². The lowest BCUT2D eigenvalue weighted by molar-refractivity contribution is 0.458. The molecule has 148 valence electrons. The Balaban J connectivity index is 2.13. The first-order valence-electron chi connectivity index (χ1n) is 8.51. The van der Waals surface area contributed by atoms with E-state index in [2.05, 4.69) is 15.9 Å². The van der Waals surface area contributed by atoms with E-state index in [9.17, 15) is 13.5 Å². The third kappa shape index (κ3) is 3.44. The van der Waals surface area contributed by atoms with Crippen molar-refractivity contribution in [1.82, 2.24) is 3.97 Å². The van der Waals surface area contributed by atoms with Crippen molar-refractivity contribution in [2.45, 2.75) is 11.8 Å². The minimum Gasteiger partial charge on any atom is -0.505 e. The lowest BCUT2D eigenvalue weighted by atomic mass is 10.1. The fourth-order valence-electron chi connectivity index (χ4n) is 3.31. The minimum atomic E-state index is -4.20. The van der Waals surface area contributed by atoms with Gasteiger partial charge in [0.15, 0.2) is 5.75 Å². The Morgan fingerprint density at radius 3 is 2.45 bits per heavy atom. The molecule has 8 heteroatoms. The van der Waals surface area contributed by atoms with Crippen molar-refractivity contribution in [2.24, 2.45) is 0 Å². The first kappa shape index (κ1) is 20.3. The SMILES string of the molecule is Cc1ccccc1-c1cc2cc(Cl)ccc2n1S(=O)(=O)c1cc(Br)cc(Cl)c1O. The van der Waals surface area contributed by atoms with E-state index < -0.39 is 15.8 Å². The van der Waals surface area contributed by atoms with E-state index in [0.717, 1.165) is 11.1 Å². The molecule has 0 saturated carbocycles. The predicted molar refractivity (Wildman–Crippen MR) is 121 cm³/mol. The molecular formula is C21H14BrCl2NO3S. The maximum Gasteiger partial charge on any atom is 0.272 e. The molecule has 1 heterocycles. The van der Waals surface area contributed by atoms with Gasteiger partial charge in [0.05, 0.1) is 16.2 Å². The van der Waals surface area contributed by atoms with E-state index in [4.69, 9.17) is 23.2 Å². The molecule has 29 heavy (non-hydrogen) atoms. The molecule has 0 spiro atoms. The van der Waals surface area contributed by atoms with Crippen molar-refractivity contribution in [3.8, 4) is 17.0 Å². The number of halogens is 3. The van der Waals surface area contributed by atoms with E-state index in [1.165, 1.54) is 16.1 Å². The molecule has 1 aromatic heterocycles. The fourth-order valence-corrected chi connectivity index (χ4v) is 6.16. The van der Waals surface area contributed by atoms with E-state index in [0.29, 0.717) is 26.1 Å². The fraction of sp³-hybridized carbons (Fsp3) is 0.0476. The van der Waals surface area contributed by atoms with Gasteiger partial charge in [0.2, 0.25) is 0 Å². The number of aromatic nitrogens is 1. The van der Waals surface area contributed by atoms with E-state index >= 15 is 0 Å². The van der Waals surface area contributed by atoms with Crippen LogP contribution < -0.4 is 0 Å². The van der Waals surface area contributed by atoms with Gasteiger partial charge in [-0.2, -0.15) is 0 Å². The molecule has 0 amide bonds. The summed E-state index contributed by atoms with van der Waals surface area (Å²) in [5.41, 5.74) is 2.58. The Morgan fingerprint density at radius 2 is 1.72 bits per heavy atom. The molecule has 0 atom stereocenters. The van der Waals surface area contributed by atoms with E-state index in [1.807, 2.05) is 31.2 Å². The van der Waals surface area contributed by atoms with Gasteiger partial charge in [-0.3, -0.25) is 0 Å². The predicted octanol–water partition coefficient (Wildman–Crippen LogP) is 6.63. The number of fused-ring (bicyclic) bond motifs is 1. The molecule has 0 aliphatic heterocycles. The number of phenols is 1. The van der Waals surface area contributed by atoms with Crippen LogP contribution in [-0.4, -0.2) is 17.5 Å². The first-order valence-corrected chi connectivity index (χ1v) is 11.5. The molecule has 4 aromatic rings. The molecule has 0 unspecified atom stereocenters. The topological polar surface area (TPSA) is 59.3 Å². The summed E-state index contributed by atoms with van der Waals surface area (Å²) in [4.78, 5) is -0.292. The monoisotopic (exact) mass is 509 g/mol. The zero-order valence-corrected chi connectivity index (χ0v) is 18.9. The molecular weight excluding hydrogens is 497 g/mol. The molecule has 4 nitrogen and oxygen atoms in total. The van der Waals surface area contributed by atoms with Crippen LogP contribution in [0.4, 0.5) is 0 Å². The second-order valence-corrected chi connectivity index (χ2v) is 10.1. The van der Waals surface area contributed by atoms with Gasteiger partial charge in [-0.1, -0.05) is 63.4 Å². The average Bonchev–Trinajstić information content (AvgIpc) is 3.03. The molecule has 0 saturated heterocycles. The van der Waals surface area contributed by atoms with Crippen LogP contribution in [0, 0.1) is 6.92 Å². The van der Waals surface area contributed by atoms with Crippen LogP contribution in [0.15, 0.2) is 70.0 Å². The van der Waals surface area contributed by atoms with Gasteiger partial charge in [0, 0.05) is 20.4 Å². The zero-order valence-electron chi connectivity index (χ0n) is 15.0. The summed E-state index contributed by atoms with van der Waals surface area (Å²) in [6.07, 6.45) is 0. The molecule has 0 radical (unpaired) electrons. The molecule has 0 bridgehead atoms. The summed E-state index contributed by atoms with van der Waals surface area (Å²) in [5, 5.41) is 11.5. The Labute approximate surface area is 186 Å². The van der Waals surface area contributed by atoms with Gasteiger partial charge in [-0.25, -0.2) is 12.4 Å². The van der Waals surface area contributed by atoms with Gasteiger partial charge in [-0.15, -0.1) is 0 Å².